The first-order valence-electron chi connectivity index (χ1n) is 14.1. The van der Waals surface area contributed by atoms with Gasteiger partial charge in [-0.25, -0.2) is 10.2 Å². The van der Waals surface area contributed by atoms with E-state index in [1.807, 2.05) is 6.92 Å². The summed E-state index contributed by atoms with van der Waals surface area (Å²) in [6.07, 6.45) is 4.72. The Morgan fingerprint density at radius 2 is 1.85 bits per heavy atom. The quantitative estimate of drug-likeness (QED) is 0.134. The van der Waals surface area contributed by atoms with E-state index in [4.69, 9.17) is 19.9 Å². The Morgan fingerprint density at radius 3 is 2.46 bits per heavy atom. The van der Waals surface area contributed by atoms with Crippen molar-refractivity contribution >= 4 is 29.5 Å². The summed E-state index contributed by atoms with van der Waals surface area (Å²) in [6.45, 7) is 11.8. The first-order chi connectivity index (χ1) is 19.3. The van der Waals surface area contributed by atoms with Gasteiger partial charge in [0.2, 0.25) is 0 Å². The van der Waals surface area contributed by atoms with E-state index in [-0.39, 0.29) is 48.3 Å². The Bertz CT molecular complexity index is 1240. The summed E-state index contributed by atoms with van der Waals surface area (Å²) in [5.41, 5.74) is 13.2. The summed E-state index contributed by atoms with van der Waals surface area (Å²) in [4.78, 5) is 49.4. The third-order valence-electron chi connectivity index (χ3n) is 9.34. The molecule has 0 bridgehead atoms. The summed E-state index contributed by atoms with van der Waals surface area (Å²) >= 11 is 0. The maximum atomic E-state index is 12.9. The number of amides is 1. The van der Waals surface area contributed by atoms with Crippen LogP contribution in [0.4, 0.5) is 5.69 Å². The van der Waals surface area contributed by atoms with Gasteiger partial charge in [0.15, 0.2) is 0 Å². The predicted molar refractivity (Wildman–Crippen MR) is 152 cm³/mol. The SMILES string of the molecule is C=C1CC[C@@H]2[C@](C)(COC(C)=O)[C@H](OC(C)=O)CC[C@@]2(C)[C@@H]1C[C@H](NNC(=O)c1ccc(N)cc1)C1=CCOC1=O. The van der Waals surface area contributed by atoms with Crippen molar-refractivity contribution in [2.45, 2.75) is 71.9 Å². The standard InChI is InChI=1S/C31H41N3O7/c1-18-6-11-26-30(4,14-12-27(41-20(3)36)31(26,5)17-40-19(2)35)24(18)16-25(23-13-15-39-29(23)38)33-34-28(37)21-7-9-22(32)10-8-21/h7-10,13,24-27,33H,1,6,11-12,14-17,32H2,2-5H3,(H,34,37)/t24-,25+,26+,27-,30+,31+/m1/s1. The topological polar surface area (TPSA) is 146 Å². The molecular formula is C31H41N3O7. The van der Waals surface area contributed by atoms with Crippen LogP contribution in [0.5, 0.6) is 0 Å². The number of ether oxygens (including phenoxy) is 3. The van der Waals surface area contributed by atoms with Crippen LogP contribution in [-0.2, 0) is 28.6 Å². The number of allylic oxidation sites excluding steroid dienone is 1. The fourth-order valence-electron chi connectivity index (χ4n) is 7.27. The second-order valence-electron chi connectivity index (χ2n) is 12.0. The van der Waals surface area contributed by atoms with Crippen molar-refractivity contribution < 1.29 is 33.4 Å². The molecule has 2 fully saturated rings. The number of hydrogen-bond acceptors (Lipinski definition) is 9. The van der Waals surface area contributed by atoms with Gasteiger partial charge in [0.25, 0.3) is 5.91 Å². The lowest BCUT2D eigenvalue weighted by molar-refractivity contribution is -0.192. The highest BCUT2D eigenvalue weighted by molar-refractivity contribution is 5.94. The summed E-state index contributed by atoms with van der Waals surface area (Å²) in [6, 6.07) is 6.02. The Labute approximate surface area is 241 Å². The Balaban J connectivity index is 1.61. The van der Waals surface area contributed by atoms with E-state index >= 15 is 0 Å². The van der Waals surface area contributed by atoms with Crippen LogP contribution in [0.2, 0.25) is 0 Å². The molecule has 4 rings (SSSR count). The van der Waals surface area contributed by atoms with Gasteiger partial charge < -0.3 is 19.9 Å². The molecule has 41 heavy (non-hydrogen) atoms. The largest absolute Gasteiger partial charge is 0.465 e. The lowest BCUT2D eigenvalue weighted by Crippen LogP contribution is -2.59. The lowest BCUT2D eigenvalue weighted by Gasteiger charge is -2.60. The number of carbonyl (C=O) groups excluding carboxylic acids is 4. The molecule has 4 N–H and O–H groups in total. The molecule has 1 aromatic rings. The van der Waals surface area contributed by atoms with Gasteiger partial charge >= 0.3 is 17.9 Å². The number of cyclic esters (lactones) is 1. The summed E-state index contributed by atoms with van der Waals surface area (Å²) in [5.74, 6) is -1.54. The van der Waals surface area contributed by atoms with Gasteiger partial charge in [-0.05, 0) is 79.7 Å². The minimum Gasteiger partial charge on any atom is -0.465 e. The molecule has 3 aliphatic rings. The predicted octanol–water partition coefficient (Wildman–Crippen LogP) is 3.63. The van der Waals surface area contributed by atoms with Crippen molar-refractivity contribution in [2.24, 2.45) is 22.7 Å². The minimum atomic E-state index is -0.610. The maximum Gasteiger partial charge on any atom is 0.335 e. The molecular weight excluding hydrogens is 526 g/mol. The molecule has 1 amide bonds. The summed E-state index contributed by atoms with van der Waals surface area (Å²) in [7, 11) is 0. The zero-order valence-corrected chi connectivity index (χ0v) is 24.3. The second kappa shape index (κ2) is 12.1. The number of carbonyl (C=O) groups is 4. The number of nitrogen functional groups attached to an aromatic ring is 1. The van der Waals surface area contributed by atoms with E-state index in [1.165, 1.54) is 13.8 Å². The van der Waals surface area contributed by atoms with Crippen molar-refractivity contribution in [3.05, 3.63) is 53.6 Å². The molecule has 1 heterocycles. The average molecular weight is 568 g/mol. The zero-order chi connectivity index (χ0) is 29.9. The van der Waals surface area contributed by atoms with Gasteiger partial charge in [0.05, 0.1) is 11.6 Å². The maximum absolute atomic E-state index is 12.9. The van der Waals surface area contributed by atoms with Crippen molar-refractivity contribution in [1.29, 1.82) is 0 Å². The Hall–Kier alpha value is -3.66. The van der Waals surface area contributed by atoms with Crippen molar-refractivity contribution in [3.63, 3.8) is 0 Å². The van der Waals surface area contributed by atoms with E-state index < -0.39 is 23.5 Å². The molecule has 0 spiro atoms. The average Bonchev–Trinajstić information content (AvgIpc) is 3.34. The van der Waals surface area contributed by atoms with E-state index in [9.17, 15) is 19.2 Å². The molecule has 222 valence electrons. The van der Waals surface area contributed by atoms with Crippen LogP contribution in [0.1, 0.15) is 70.2 Å². The summed E-state index contributed by atoms with van der Waals surface area (Å²) in [5, 5.41) is 0. The third-order valence-corrected chi connectivity index (χ3v) is 9.34. The molecule has 0 saturated heterocycles. The van der Waals surface area contributed by atoms with Crippen LogP contribution < -0.4 is 16.6 Å². The number of anilines is 1. The molecule has 2 aliphatic carbocycles. The number of esters is 3. The number of nitrogens with one attached hydrogen (secondary N) is 2. The van der Waals surface area contributed by atoms with Gasteiger partial charge in [-0.2, -0.15) is 0 Å². The molecule has 6 atom stereocenters. The zero-order valence-electron chi connectivity index (χ0n) is 24.3. The van der Waals surface area contributed by atoms with E-state index in [2.05, 4.69) is 24.4 Å². The van der Waals surface area contributed by atoms with Gasteiger partial charge in [0, 0.05) is 30.5 Å². The number of hydrogen-bond donors (Lipinski definition) is 3. The highest BCUT2D eigenvalue weighted by Gasteiger charge is 2.60. The molecule has 10 heteroatoms. The normalized spacial score (nSPS) is 30.0. The van der Waals surface area contributed by atoms with Gasteiger partial charge in [-0.3, -0.25) is 19.8 Å². The van der Waals surface area contributed by atoms with Crippen molar-refractivity contribution in [3.8, 4) is 0 Å². The number of rotatable bonds is 9. The van der Waals surface area contributed by atoms with E-state index in [0.717, 1.165) is 24.8 Å². The van der Waals surface area contributed by atoms with E-state index in [1.54, 1.807) is 30.3 Å². The molecule has 10 nitrogen and oxygen atoms in total. The van der Waals surface area contributed by atoms with Crippen molar-refractivity contribution in [2.75, 3.05) is 18.9 Å². The molecule has 0 aromatic heterocycles. The molecule has 1 aliphatic heterocycles. The molecule has 0 radical (unpaired) electrons. The highest BCUT2D eigenvalue weighted by Crippen LogP contribution is 2.62. The first-order valence-corrected chi connectivity index (χ1v) is 14.1. The first kappa shape index (κ1) is 30.3. The number of nitrogens with two attached hydrogens (primary N) is 1. The minimum absolute atomic E-state index is 0.0393. The highest BCUT2D eigenvalue weighted by atomic mass is 16.6. The number of benzene rings is 1. The van der Waals surface area contributed by atoms with Gasteiger partial charge in [-0.15, -0.1) is 0 Å². The fraction of sp³-hybridized carbons (Fsp3) is 0.548. The van der Waals surface area contributed by atoms with Crippen LogP contribution in [-0.4, -0.2) is 49.2 Å². The van der Waals surface area contributed by atoms with Crippen LogP contribution in [0.15, 0.2) is 48.1 Å². The van der Waals surface area contributed by atoms with Gasteiger partial charge in [-0.1, -0.05) is 26.0 Å². The van der Waals surface area contributed by atoms with Crippen LogP contribution in [0.25, 0.3) is 0 Å². The van der Waals surface area contributed by atoms with Crippen LogP contribution in [0, 0.1) is 22.7 Å². The number of hydrazine groups is 1. The molecule has 1 aromatic carbocycles. The monoisotopic (exact) mass is 567 g/mol. The van der Waals surface area contributed by atoms with Crippen molar-refractivity contribution in [1.82, 2.24) is 10.9 Å². The lowest BCUT2D eigenvalue weighted by atomic mass is 9.46. The third kappa shape index (κ3) is 6.32. The number of fused-ring (bicyclic) bond motifs is 1. The van der Waals surface area contributed by atoms with Crippen LogP contribution in [0.3, 0.4) is 0 Å². The van der Waals surface area contributed by atoms with Crippen LogP contribution >= 0.6 is 0 Å². The molecule has 0 unspecified atom stereocenters. The molecule has 2 saturated carbocycles. The Kier molecular flexibility index (Phi) is 8.91. The van der Waals surface area contributed by atoms with E-state index in [0.29, 0.717) is 29.7 Å². The van der Waals surface area contributed by atoms with Gasteiger partial charge in [0.1, 0.15) is 19.3 Å². The summed E-state index contributed by atoms with van der Waals surface area (Å²) < 4.78 is 16.6. The Morgan fingerprint density at radius 1 is 1.15 bits per heavy atom. The fourth-order valence-corrected chi connectivity index (χ4v) is 7.27. The smallest absolute Gasteiger partial charge is 0.335 e. The second-order valence-corrected chi connectivity index (χ2v) is 12.0.